The van der Waals surface area contributed by atoms with Crippen LogP contribution in [-0.2, 0) is 33.9 Å². The van der Waals surface area contributed by atoms with Gasteiger partial charge in [-0.3, -0.25) is 4.79 Å². The van der Waals surface area contributed by atoms with Crippen molar-refractivity contribution in [2.24, 2.45) is 5.92 Å². The van der Waals surface area contributed by atoms with Gasteiger partial charge in [0.05, 0.1) is 31.4 Å². The number of hydrogen-bond donors (Lipinski definition) is 2. The van der Waals surface area contributed by atoms with Gasteiger partial charge in [0.2, 0.25) is 5.91 Å². The highest BCUT2D eigenvalue weighted by molar-refractivity contribution is 5.83. The van der Waals surface area contributed by atoms with Crippen LogP contribution in [0.4, 0.5) is 0 Å². The molecule has 2 atom stereocenters. The molecule has 0 radical (unpaired) electrons. The lowest BCUT2D eigenvalue weighted by atomic mass is 10.1. The molecule has 31 heavy (non-hydrogen) atoms. The number of benzene rings is 2. The van der Waals surface area contributed by atoms with Crippen molar-refractivity contribution < 1.29 is 23.9 Å². The third-order valence-corrected chi connectivity index (χ3v) is 5.55. The number of aromatic nitrogens is 1. The van der Waals surface area contributed by atoms with Gasteiger partial charge in [-0.25, -0.2) is 0 Å². The quantitative estimate of drug-likeness (QED) is 0.547. The third kappa shape index (κ3) is 5.50. The highest BCUT2D eigenvalue weighted by Gasteiger charge is 2.23. The first-order valence-corrected chi connectivity index (χ1v) is 10.7. The lowest BCUT2D eigenvalue weighted by Crippen LogP contribution is -2.31. The Labute approximate surface area is 181 Å². The zero-order valence-electron chi connectivity index (χ0n) is 17.7. The Morgan fingerprint density at radius 3 is 2.87 bits per heavy atom. The first-order chi connectivity index (χ1) is 15.1. The maximum absolute atomic E-state index is 12.3. The van der Waals surface area contributed by atoms with Crippen molar-refractivity contribution >= 4 is 16.7 Å². The summed E-state index contributed by atoms with van der Waals surface area (Å²) in [7, 11) is 0. The number of carbonyl (C=O) groups is 1. The number of rotatable bonds is 9. The van der Waals surface area contributed by atoms with Crippen LogP contribution in [0.1, 0.15) is 42.0 Å². The van der Waals surface area contributed by atoms with Crippen LogP contribution in [0.2, 0.25) is 0 Å². The molecule has 164 valence electrons. The van der Waals surface area contributed by atoms with E-state index in [0.29, 0.717) is 42.7 Å². The molecule has 7 nitrogen and oxygen atoms in total. The van der Waals surface area contributed by atoms with E-state index in [-0.39, 0.29) is 18.9 Å². The average molecular weight is 424 g/mol. The van der Waals surface area contributed by atoms with Crippen molar-refractivity contribution in [1.29, 1.82) is 0 Å². The molecule has 1 aliphatic rings. The van der Waals surface area contributed by atoms with Crippen molar-refractivity contribution in [2.75, 3.05) is 19.8 Å². The average Bonchev–Trinajstić information content (AvgIpc) is 3.42. The number of hydrogen-bond acceptors (Lipinski definition) is 6. The molecule has 3 aromatic rings. The molecule has 0 bridgehead atoms. The minimum atomic E-state index is -0.809. The third-order valence-electron chi connectivity index (χ3n) is 5.55. The van der Waals surface area contributed by atoms with E-state index < -0.39 is 6.10 Å². The van der Waals surface area contributed by atoms with Crippen molar-refractivity contribution in [3.8, 4) is 0 Å². The second kappa shape index (κ2) is 10.0. The summed E-state index contributed by atoms with van der Waals surface area (Å²) in [6, 6.07) is 14.4. The molecule has 2 N–H and O–H groups in total. The molecule has 1 fully saturated rings. The van der Waals surface area contributed by atoms with Gasteiger partial charge in [0.1, 0.15) is 6.61 Å². The number of amides is 1. The maximum Gasteiger partial charge on any atom is 0.226 e. The number of aliphatic hydroxyl groups excluding tert-OH is 1. The van der Waals surface area contributed by atoms with Gasteiger partial charge in [0.15, 0.2) is 5.76 Å². The fourth-order valence-electron chi connectivity index (χ4n) is 3.88. The molecular weight excluding hydrogens is 396 g/mol. The Morgan fingerprint density at radius 1 is 1.26 bits per heavy atom. The fraction of sp³-hybridized carbons (Fsp3) is 0.417. The topological polar surface area (TPSA) is 93.8 Å². The second-order valence-electron chi connectivity index (χ2n) is 8.03. The minimum Gasteiger partial charge on any atom is -0.389 e. The summed E-state index contributed by atoms with van der Waals surface area (Å²) in [6.07, 6.45) is 0.209. The van der Waals surface area contributed by atoms with Crippen molar-refractivity contribution in [2.45, 2.75) is 39.1 Å². The van der Waals surface area contributed by atoms with Gasteiger partial charge in [-0.1, -0.05) is 41.6 Å². The molecule has 1 aromatic heterocycles. The predicted octanol–water partition coefficient (Wildman–Crippen LogP) is 3.29. The van der Waals surface area contributed by atoms with E-state index in [2.05, 4.69) is 34.7 Å². The zero-order chi connectivity index (χ0) is 21.6. The summed E-state index contributed by atoms with van der Waals surface area (Å²) in [5.74, 6) is 0.657. The SMILES string of the molecule is CC(O)c1c(CC(=O)NCC2CCOC2)noc1COCc1ccc2ccccc2c1. The number of aliphatic hydroxyl groups is 1. The van der Waals surface area contributed by atoms with Gasteiger partial charge < -0.3 is 24.4 Å². The number of carbonyl (C=O) groups excluding carboxylic acids is 1. The van der Waals surface area contributed by atoms with Crippen LogP contribution in [0.5, 0.6) is 0 Å². The Kier molecular flexibility index (Phi) is 6.96. The van der Waals surface area contributed by atoms with E-state index >= 15 is 0 Å². The fourth-order valence-corrected chi connectivity index (χ4v) is 3.88. The molecule has 1 amide bonds. The smallest absolute Gasteiger partial charge is 0.226 e. The van der Waals surface area contributed by atoms with Crippen molar-refractivity contribution in [3.05, 3.63) is 65.0 Å². The van der Waals surface area contributed by atoms with Crippen LogP contribution in [0.3, 0.4) is 0 Å². The predicted molar refractivity (Wildman–Crippen MR) is 115 cm³/mol. The summed E-state index contributed by atoms with van der Waals surface area (Å²) < 4.78 is 16.6. The Morgan fingerprint density at radius 2 is 2.10 bits per heavy atom. The molecule has 1 saturated heterocycles. The zero-order valence-corrected chi connectivity index (χ0v) is 17.7. The van der Waals surface area contributed by atoms with Gasteiger partial charge in [0, 0.05) is 24.6 Å². The second-order valence-corrected chi connectivity index (χ2v) is 8.03. The summed E-state index contributed by atoms with van der Waals surface area (Å²) >= 11 is 0. The first kappa shape index (κ1) is 21.5. The molecular formula is C24H28N2O5. The highest BCUT2D eigenvalue weighted by atomic mass is 16.5. The van der Waals surface area contributed by atoms with E-state index in [0.717, 1.165) is 24.0 Å². The molecule has 2 unspecified atom stereocenters. The summed E-state index contributed by atoms with van der Waals surface area (Å²) in [6.45, 7) is 4.23. The Balaban J connectivity index is 1.34. The van der Waals surface area contributed by atoms with Crippen LogP contribution in [0, 0.1) is 5.92 Å². The number of fused-ring (bicyclic) bond motifs is 1. The lowest BCUT2D eigenvalue weighted by molar-refractivity contribution is -0.120. The van der Waals surface area contributed by atoms with Crippen LogP contribution < -0.4 is 5.32 Å². The Bertz CT molecular complexity index is 1020. The van der Waals surface area contributed by atoms with Gasteiger partial charge >= 0.3 is 0 Å². The summed E-state index contributed by atoms with van der Waals surface area (Å²) in [5, 5.41) is 19.5. The van der Waals surface area contributed by atoms with Crippen LogP contribution in [-0.4, -0.2) is 35.9 Å². The van der Waals surface area contributed by atoms with Crippen molar-refractivity contribution in [1.82, 2.24) is 10.5 Å². The van der Waals surface area contributed by atoms with E-state index in [9.17, 15) is 9.90 Å². The maximum atomic E-state index is 12.3. The van der Waals surface area contributed by atoms with Crippen LogP contribution in [0.25, 0.3) is 10.8 Å². The number of ether oxygens (including phenoxy) is 2. The molecule has 0 aliphatic carbocycles. The number of nitrogens with zero attached hydrogens (tertiary/aromatic N) is 1. The standard InChI is InChI=1S/C24H28N2O5/c1-16(27)24-21(11-23(28)25-12-18-8-9-29-14-18)26-31-22(24)15-30-13-17-6-7-19-4-2-3-5-20(19)10-17/h2-7,10,16,18,27H,8-9,11-15H2,1H3,(H,25,28). The lowest BCUT2D eigenvalue weighted by Gasteiger charge is -2.10. The van der Waals surface area contributed by atoms with E-state index in [4.69, 9.17) is 14.0 Å². The van der Waals surface area contributed by atoms with E-state index in [1.54, 1.807) is 6.92 Å². The van der Waals surface area contributed by atoms with E-state index in [1.165, 1.54) is 5.39 Å². The van der Waals surface area contributed by atoms with Crippen LogP contribution >= 0.6 is 0 Å². The molecule has 2 aromatic carbocycles. The summed E-state index contributed by atoms with van der Waals surface area (Å²) in [4.78, 5) is 12.3. The van der Waals surface area contributed by atoms with Crippen LogP contribution in [0.15, 0.2) is 47.0 Å². The highest BCUT2D eigenvalue weighted by Crippen LogP contribution is 2.24. The molecule has 1 aliphatic heterocycles. The summed E-state index contributed by atoms with van der Waals surface area (Å²) in [5.41, 5.74) is 2.02. The Hall–Kier alpha value is -2.74. The normalized spacial score (nSPS) is 17.2. The molecule has 0 saturated carbocycles. The first-order valence-electron chi connectivity index (χ1n) is 10.7. The minimum absolute atomic E-state index is 0.0575. The molecule has 2 heterocycles. The van der Waals surface area contributed by atoms with Gasteiger partial charge in [-0.15, -0.1) is 0 Å². The molecule has 7 heteroatoms. The van der Waals surface area contributed by atoms with Crippen molar-refractivity contribution in [3.63, 3.8) is 0 Å². The van der Waals surface area contributed by atoms with Gasteiger partial charge in [-0.2, -0.15) is 0 Å². The monoisotopic (exact) mass is 424 g/mol. The molecule has 4 rings (SSSR count). The van der Waals surface area contributed by atoms with E-state index in [1.807, 2.05) is 18.2 Å². The largest absolute Gasteiger partial charge is 0.389 e. The molecule has 0 spiro atoms. The van der Waals surface area contributed by atoms with Gasteiger partial charge in [-0.05, 0) is 35.7 Å². The van der Waals surface area contributed by atoms with Gasteiger partial charge in [0.25, 0.3) is 0 Å². The number of nitrogens with one attached hydrogen (secondary N) is 1.